The number of aryl methyl sites for hydroxylation is 1. The van der Waals surface area contributed by atoms with Crippen LogP contribution in [0, 0.1) is 0 Å². The van der Waals surface area contributed by atoms with Crippen molar-refractivity contribution >= 4 is 5.91 Å². The average Bonchev–Trinajstić information content (AvgIpc) is 2.88. The molecule has 3 heterocycles. The first-order chi connectivity index (χ1) is 9.06. The number of hydrogen-bond donors (Lipinski definition) is 0. The van der Waals surface area contributed by atoms with Crippen LogP contribution in [-0.2, 0) is 23.2 Å². The van der Waals surface area contributed by atoms with E-state index < -0.39 is 0 Å². The van der Waals surface area contributed by atoms with E-state index in [9.17, 15) is 4.79 Å². The Morgan fingerprint density at radius 2 is 2.11 bits per heavy atom. The molecule has 6 heteroatoms. The Labute approximate surface area is 112 Å². The Hall–Kier alpha value is -1.40. The van der Waals surface area contributed by atoms with Crippen molar-refractivity contribution in [3.63, 3.8) is 0 Å². The van der Waals surface area contributed by atoms with Gasteiger partial charge in [-0.2, -0.15) is 5.10 Å². The normalized spacial score (nSPS) is 23.5. The number of piperidine rings is 1. The van der Waals surface area contributed by atoms with E-state index in [-0.39, 0.29) is 11.5 Å². The summed E-state index contributed by atoms with van der Waals surface area (Å²) in [5.41, 5.74) is 0.853. The molecule has 2 aliphatic heterocycles. The molecule has 1 spiro atoms. The molecule has 19 heavy (non-hydrogen) atoms. The molecule has 0 saturated carbocycles. The van der Waals surface area contributed by atoms with Crippen molar-refractivity contribution in [3.8, 4) is 0 Å². The monoisotopic (exact) mass is 264 g/mol. The van der Waals surface area contributed by atoms with Gasteiger partial charge in [0.05, 0.1) is 12.1 Å². The van der Waals surface area contributed by atoms with Crippen LogP contribution < -0.4 is 0 Å². The minimum atomic E-state index is -0.244. The van der Waals surface area contributed by atoms with Crippen molar-refractivity contribution in [1.82, 2.24) is 19.7 Å². The van der Waals surface area contributed by atoms with Crippen molar-refractivity contribution in [1.29, 1.82) is 0 Å². The van der Waals surface area contributed by atoms with Gasteiger partial charge in [-0.05, 0) is 18.9 Å². The second-order valence-electron chi connectivity index (χ2n) is 5.60. The van der Waals surface area contributed by atoms with Gasteiger partial charge in [-0.15, -0.1) is 0 Å². The van der Waals surface area contributed by atoms with Gasteiger partial charge < -0.3 is 0 Å². The molecular weight excluding hydrogens is 244 g/mol. The molecule has 0 atom stereocenters. The third-order valence-electron chi connectivity index (χ3n) is 4.08. The van der Waals surface area contributed by atoms with E-state index in [0.717, 1.165) is 38.2 Å². The van der Waals surface area contributed by atoms with Gasteiger partial charge in [0.1, 0.15) is 5.60 Å². The summed E-state index contributed by atoms with van der Waals surface area (Å²) in [5.74, 6) is 0.0955. The number of nitrogens with zero attached hydrogens (tertiary/aromatic N) is 4. The van der Waals surface area contributed by atoms with Crippen molar-refractivity contribution in [2.24, 2.45) is 7.05 Å². The summed E-state index contributed by atoms with van der Waals surface area (Å²) in [6.07, 6.45) is 4.32. The van der Waals surface area contributed by atoms with Gasteiger partial charge in [0.15, 0.2) is 0 Å². The fourth-order valence-corrected chi connectivity index (χ4v) is 2.92. The number of carbonyl (C=O) groups is 1. The van der Waals surface area contributed by atoms with Crippen LogP contribution in [0.3, 0.4) is 0 Å². The molecule has 6 nitrogen and oxygen atoms in total. The first kappa shape index (κ1) is 12.6. The summed E-state index contributed by atoms with van der Waals surface area (Å²) >= 11 is 0. The second-order valence-corrected chi connectivity index (χ2v) is 5.60. The molecule has 0 N–H and O–H groups in total. The molecule has 0 bridgehead atoms. The molecule has 0 unspecified atom stereocenters. The average molecular weight is 264 g/mol. The highest BCUT2D eigenvalue weighted by molar-refractivity contribution is 5.77. The number of amides is 1. The zero-order valence-electron chi connectivity index (χ0n) is 11.5. The van der Waals surface area contributed by atoms with E-state index in [1.165, 1.54) is 5.06 Å². The minimum absolute atomic E-state index is 0.0955. The van der Waals surface area contributed by atoms with Gasteiger partial charge in [-0.1, -0.05) is 0 Å². The van der Waals surface area contributed by atoms with Gasteiger partial charge >= 0.3 is 0 Å². The standard InChI is InChI=1S/C13H20N4O2/c1-15-6-3-11(14-15)10-17-7-4-13(5-8-17)9-12(18)16(2)19-13/h3,6H,4-5,7-10H2,1-2H3. The van der Waals surface area contributed by atoms with E-state index in [1.807, 2.05) is 24.0 Å². The zero-order valence-corrected chi connectivity index (χ0v) is 11.5. The van der Waals surface area contributed by atoms with Crippen LogP contribution in [0.4, 0.5) is 0 Å². The van der Waals surface area contributed by atoms with Crippen LogP contribution in [0.5, 0.6) is 0 Å². The van der Waals surface area contributed by atoms with Crippen LogP contribution in [0.25, 0.3) is 0 Å². The maximum atomic E-state index is 11.6. The highest BCUT2D eigenvalue weighted by Crippen LogP contribution is 2.35. The maximum Gasteiger partial charge on any atom is 0.248 e. The maximum absolute atomic E-state index is 11.6. The summed E-state index contributed by atoms with van der Waals surface area (Å²) in [6.45, 7) is 2.79. The molecule has 1 aromatic heterocycles. The van der Waals surface area contributed by atoms with Crippen molar-refractivity contribution in [3.05, 3.63) is 18.0 Å². The zero-order chi connectivity index (χ0) is 13.5. The lowest BCUT2D eigenvalue weighted by atomic mass is 9.88. The molecule has 104 valence electrons. The lowest BCUT2D eigenvalue weighted by Gasteiger charge is -2.37. The Bertz CT molecular complexity index is 477. The van der Waals surface area contributed by atoms with Gasteiger partial charge in [0, 0.05) is 39.9 Å². The van der Waals surface area contributed by atoms with Gasteiger partial charge in [0.25, 0.3) is 0 Å². The minimum Gasteiger partial charge on any atom is -0.297 e. The van der Waals surface area contributed by atoms with E-state index in [1.54, 1.807) is 7.05 Å². The quantitative estimate of drug-likeness (QED) is 0.782. The summed E-state index contributed by atoms with van der Waals surface area (Å²) in [7, 11) is 3.64. The fraction of sp³-hybridized carbons (Fsp3) is 0.692. The summed E-state index contributed by atoms with van der Waals surface area (Å²) in [5, 5.41) is 5.80. The van der Waals surface area contributed by atoms with Crippen molar-refractivity contribution in [2.45, 2.75) is 31.4 Å². The Kier molecular flexibility index (Phi) is 3.06. The van der Waals surface area contributed by atoms with Crippen molar-refractivity contribution < 1.29 is 9.63 Å². The third-order valence-corrected chi connectivity index (χ3v) is 4.08. The van der Waals surface area contributed by atoms with E-state index >= 15 is 0 Å². The highest BCUT2D eigenvalue weighted by atomic mass is 16.7. The molecule has 2 fully saturated rings. The number of rotatable bonds is 2. The lowest BCUT2D eigenvalue weighted by molar-refractivity contribution is -0.199. The smallest absolute Gasteiger partial charge is 0.248 e. The van der Waals surface area contributed by atoms with Crippen LogP contribution in [0.1, 0.15) is 25.0 Å². The first-order valence-electron chi connectivity index (χ1n) is 6.73. The molecule has 2 saturated heterocycles. The molecule has 1 amide bonds. The summed E-state index contributed by atoms with van der Waals surface area (Å²) in [4.78, 5) is 19.7. The fourth-order valence-electron chi connectivity index (χ4n) is 2.92. The molecular formula is C13H20N4O2. The van der Waals surface area contributed by atoms with Crippen LogP contribution >= 0.6 is 0 Å². The topological polar surface area (TPSA) is 50.6 Å². The molecule has 2 aliphatic rings. The number of hydroxylamine groups is 2. The Morgan fingerprint density at radius 3 is 2.63 bits per heavy atom. The Morgan fingerprint density at radius 1 is 1.37 bits per heavy atom. The van der Waals surface area contributed by atoms with E-state index in [0.29, 0.717) is 6.42 Å². The van der Waals surface area contributed by atoms with Crippen LogP contribution in [0.15, 0.2) is 12.3 Å². The number of carbonyl (C=O) groups excluding carboxylic acids is 1. The van der Waals surface area contributed by atoms with Gasteiger partial charge in [-0.25, -0.2) is 5.06 Å². The van der Waals surface area contributed by atoms with E-state index in [4.69, 9.17) is 4.84 Å². The molecule has 0 radical (unpaired) electrons. The van der Waals surface area contributed by atoms with Gasteiger partial charge in [0.2, 0.25) is 5.91 Å². The van der Waals surface area contributed by atoms with E-state index in [2.05, 4.69) is 10.00 Å². The van der Waals surface area contributed by atoms with Crippen LogP contribution in [-0.4, -0.2) is 51.4 Å². The number of likely N-dealkylation sites (tertiary alicyclic amines) is 1. The second kappa shape index (κ2) is 4.61. The number of hydrogen-bond acceptors (Lipinski definition) is 4. The van der Waals surface area contributed by atoms with Crippen LogP contribution in [0.2, 0.25) is 0 Å². The largest absolute Gasteiger partial charge is 0.297 e. The molecule has 0 aliphatic carbocycles. The molecule has 0 aromatic carbocycles. The van der Waals surface area contributed by atoms with Crippen molar-refractivity contribution in [2.75, 3.05) is 20.1 Å². The SMILES string of the molecule is CN1OC2(CCN(Cc3ccn(C)n3)CC2)CC1=O. The summed E-state index contributed by atoms with van der Waals surface area (Å²) in [6, 6.07) is 2.05. The summed E-state index contributed by atoms with van der Waals surface area (Å²) < 4.78 is 1.83. The predicted molar refractivity (Wildman–Crippen MR) is 68.9 cm³/mol. The highest BCUT2D eigenvalue weighted by Gasteiger charge is 2.45. The molecule has 1 aromatic rings. The molecule has 3 rings (SSSR count). The first-order valence-corrected chi connectivity index (χ1v) is 6.73. The third kappa shape index (κ3) is 2.50. The number of aromatic nitrogens is 2. The van der Waals surface area contributed by atoms with Gasteiger partial charge in [-0.3, -0.25) is 19.2 Å². The predicted octanol–water partition coefficient (Wildman–Crippen LogP) is 0.548. The lowest BCUT2D eigenvalue weighted by Crippen LogP contribution is -2.44. The Balaban J connectivity index is 1.56.